The molecule has 1 heterocycles. The van der Waals surface area contributed by atoms with Crippen molar-refractivity contribution in [2.75, 3.05) is 6.61 Å². The van der Waals surface area contributed by atoms with Crippen LogP contribution in [0.2, 0.25) is 0 Å². The number of aromatic nitrogens is 4. The molecule has 1 N–H and O–H groups in total. The molecule has 7 heteroatoms. The second kappa shape index (κ2) is 6.87. The summed E-state index contributed by atoms with van der Waals surface area (Å²) in [7, 11) is 0. The van der Waals surface area contributed by atoms with E-state index >= 15 is 0 Å². The second-order valence-electron chi connectivity index (χ2n) is 9.11. The minimum absolute atomic E-state index is 0.0344. The van der Waals surface area contributed by atoms with Gasteiger partial charge < -0.3 is 10.1 Å². The highest BCUT2D eigenvalue weighted by atomic mass is 16.5. The van der Waals surface area contributed by atoms with E-state index in [0.717, 1.165) is 23.4 Å². The average molecular weight is 381 g/mol. The van der Waals surface area contributed by atoms with Gasteiger partial charge in [0.05, 0.1) is 5.69 Å². The van der Waals surface area contributed by atoms with E-state index in [4.69, 9.17) is 4.74 Å². The fraction of sp³-hybridized carbons (Fsp3) is 0.619. The number of ether oxygens (including phenoxy) is 1. The number of benzene rings is 1. The lowest BCUT2D eigenvalue weighted by atomic mass is 9.48. The van der Waals surface area contributed by atoms with E-state index in [2.05, 4.69) is 27.8 Å². The van der Waals surface area contributed by atoms with Crippen molar-refractivity contribution in [2.24, 2.45) is 23.2 Å². The predicted octanol–water partition coefficient (Wildman–Crippen LogP) is 2.76. The maximum absolute atomic E-state index is 12.5. The largest absolute Gasteiger partial charge is 0.484 e. The number of hydrogen-bond donors (Lipinski definition) is 1. The van der Waals surface area contributed by atoms with Gasteiger partial charge in [0.25, 0.3) is 5.91 Å². The van der Waals surface area contributed by atoms with E-state index < -0.39 is 0 Å². The number of rotatable bonds is 6. The Kier molecular flexibility index (Phi) is 4.33. The minimum atomic E-state index is -0.0344. The lowest BCUT2D eigenvalue weighted by Gasteiger charge is -2.59. The van der Waals surface area contributed by atoms with Crippen molar-refractivity contribution in [1.29, 1.82) is 0 Å². The molecule has 148 valence electrons. The first-order chi connectivity index (χ1) is 13.6. The van der Waals surface area contributed by atoms with Crippen LogP contribution in [0.25, 0.3) is 5.69 Å². The molecule has 4 aliphatic rings. The van der Waals surface area contributed by atoms with Crippen LogP contribution in [0.4, 0.5) is 0 Å². The van der Waals surface area contributed by atoms with Crippen LogP contribution in [-0.4, -0.2) is 38.8 Å². The van der Waals surface area contributed by atoms with Crippen molar-refractivity contribution in [3.05, 3.63) is 30.6 Å². The molecule has 28 heavy (non-hydrogen) atoms. The number of amides is 1. The summed E-state index contributed by atoms with van der Waals surface area (Å²) >= 11 is 0. The van der Waals surface area contributed by atoms with Crippen molar-refractivity contribution in [2.45, 2.75) is 51.5 Å². The zero-order valence-electron chi connectivity index (χ0n) is 16.3. The maximum Gasteiger partial charge on any atom is 0.258 e. The molecule has 0 spiro atoms. The quantitative estimate of drug-likeness (QED) is 0.832. The Morgan fingerprint density at radius 3 is 2.39 bits per heavy atom. The number of tetrazole rings is 1. The van der Waals surface area contributed by atoms with E-state index in [1.54, 1.807) is 4.68 Å². The van der Waals surface area contributed by atoms with Crippen LogP contribution in [0.5, 0.6) is 5.75 Å². The zero-order valence-corrected chi connectivity index (χ0v) is 16.3. The third-order valence-electron chi connectivity index (χ3n) is 7.20. The Morgan fingerprint density at radius 2 is 1.82 bits per heavy atom. The summed E-state index contributed by atoms with van der Waals surface area (Å²) in [6.07, 6.45) is 9.67. The van der Waals surface area contributed by atoms with E-state index in [0.29, 0.717) is 11.2 Å². The summed E-state index contributed by atoms with van der Waals surface area (Å²) in [4.78, 5) is 12.5. The highest BCUT2D eigenvalue weighted by molar-refractivity contribution is 5.77. The van der Waals surface area contributed by atoms with Crippen LogP contribution in [0.3, 0.4) is 0 Å². The number of nitrogens with one attached hydrogen (secondary N) is 1. The van der Waals surface area contributed by atoms with Crippen LogP contribution < -0.4 is 10.1 Å². The van der Waals surface area contributed by atoms with E-state index in [-0.39, 0.29) is 18.6 Å². The minimum Gasteiger partial charge on any atom is -0.484 e. The van der Waals surface area contributed by atoms with Crippen LogP contribution in [0.15, 0.2) is 30.6 Å². The number of nitrogens with zero attached hydrogens (tertiary/aromatic N) is 4. The molecule has 4 bridgehead atoms. The fourth-order valence-corrected chi connectivity index (χ4v) is 6.27. The molecular formula is C21H27N5O2. The van der Waals surface area contributed by atoms with Gasteiger partial charge in [-0.3, -0.25) is 4.79 Å². The van der Waals surface area contributed by atoms with E-state index in [1.807, 2.05) is 24.3 Å². The second-order valence-corrected chi connectivity index (χ2v) is 9.11. The molecular weight excluding hydrogens is 354 g/mol. The maximum atomic E-state index is 12.5. The lowest BCUT2D eigenvalue weighted by molar-refractivity contribution is -0.127. The molecule has 0 aliphatic heterocycles. The standard InChI is InChI=1S/C21H27N5O2/c1-14(21-9-15-6-16(10-21)8-17(7-15)11-21)23-20(27)12-28-19-4-2-18(3-5-19)26-13-22-24-25-26/h2-5,13-17H,6-12H2,1H3,(H,23,27)/t14-,15?,16?,17?,21?/m0/s1. The molecule has 1 aromatic heterocycles. The Morgan fingerprint density at radius 1 is 1.18 bits per heavy atom. The normalized spacial score (nSPS) is 31.5. The molecule has 6 rings (SSSR count). The van der Waals surface area contributed by atoms with Gasteiger partial charge in [-0.15, -0.1) is 5.10 Å². The van der Waals surface area contributed by atoms with Crippen molar-refractivity contribution in [3.63, 3.8) is 0 Å². The van der Waals surface area contributed by atoms with Crippen LogP contribution >= 0.6 is 0 Å². The van der Waals surface area contributed by atoms with Crippen LogP contribution in [-0.2, 0) is 4.79 Å². The molecule has 2 aromatic rings. The third kappa shape index (κ3) is 3.27. The summed E-state index contributed by atoms with van der Waals surface area (Å²) in [6, 6.07) is 7.60. The summed E-state index contributed by atoms with van der Waals surface area (Å²) < 4.78 is 7.26. The Bertz CT molecular complexity index is 798. The first-order valence-corrected chi connectivity index (χ1v) is 10.4. The molecule has 0 unspecified atom stereocenters. The van der Waals surface area contributed by atoms with E-state index in [1.165, 1.54) is 44.9 Å². The average Bonchev–Trinajstić information content (AvgIpc) is 3.20. The summed E-state index contributed by atoms with van der Waals surface area (Å²) in [5.41, 5.74) is 1.16. The lowest BCUT2D eigenvalue weighted by Crippen LogP contribution is -2.56. The molecule has 1 aromatic carbocycles. The molecule has 4 fully saturated rings. The summed E-state index contributed by atoms with van der Waals surface area (Å²) in [5.74, 6) is 3.30. The topological polar surface area (TPSA) is 81.9 Å². The van der Waals surface area contributed by atoms with Crippen molar-refractivity contribution < 1.29 is 9.53 Å². The Labute approximate surface area is 164 Å². The SMILES string of the molecule is C[C@H](NC(=O)COc1ccc(-n2cnnn2)cc1)C12CC3CC(CC(C3)C1)C2. The first-order valence-electron chi connectivity index (χ1n) is 10.4. The number of carbonyl (C=O) groups is 1. The molecule has 0 saturated heterocycles. The van der Waals surface area contributed by atoms with Crippen molar-refractivity contribution >= 4 is 5.91 Å². The van der Waals surface area contributed by atoms with Gasteiger partial charge in [0.2, 0.25) is 0 Å². The molecule has 4 aliphatic carbocycles. The van der Waals surface area contributed by atoms with Gasteiger partial charge in [-0.25, -0.2) is 4.68 Å². The van der Waals surface area contributed by atoms with E-state index in [9.17, 15) is 4.79 Å². The van der Waals surface area contributed by atoms with Gasteiger partial charge in [0, 0.05) is 6.04 Å². The van der Waals surface area contributed by atoms with Crippen molar-refractivity contribution in [3.8, 4) is 11.4 Å². The van der Waals surface area contributed by atoms with Crippen molar-refractivity contribution in [1.82, 2.24) is 25.5 Å². The monoisotopic (exact) mass is 381 g/mol. The number of hydrogen-bond acceptors (Lipinski definition) is 5. The highest BCUT2D eigenvalue weighted by Gasteiger charge is 2.53. The summed E-state index contributed by atoms with van der Waals surface area (Å²) in [6.45, 7) is 2.24. The molecule has 1 atom stereocenters. The fourth-order valence-electron chi connectivity index (χ4n) is 6.27. The van der Waals surface area contributed by atoms with Gasteiger partial charge in [-0.2, -0.15) is 0 Å². The third-order valence-corrected chi connectivity index (χ3v) is 7.20. The predicted molar refractivity (Wildman–Crippen MR) is 103 cm³/mol. The molecule has 1 amide bonds. The number of carbonyl (C=O) groups excluding carboxylic acids is 1. The summed E-state index contributed by atoms with van der Waals surface area (Å²) in [5, 5.41) is 14.3. The highest BCUT2D eigenvalue weighted by Crippen LogP contribution is 2.61. The zero-order chi connectivity index (χ0) is 19.1. The smallest absolute Gasteiger partial charge is 0.258 e. The van der Waals surface area contributed by atoms with Crippen LogP contribution in [0.1, 0.15) is 45.4 Å². The molecule has 4 saturated carbocycles. The Hall–Kier alpha value is -2.44. The van der Waals surface area contributed by atoms with Gasteiger partial charge in [0.15, 0.2) is 6.61 Å². The first kappa shape index (κ1) is 17.6. The van der Waals surface area contributed by atoms with Gasteiger partial charge in [0.1, 0.15) is 12.1 Å². The van der Waals surface area contributed by atoms with Gasteiger partial charge in [-0.05, 0) is 103 Å². The molecule has 7 nitrogen and oxygen atoms in total. The molecule has 0 radical (unpaired) electrons. The van der Waals surface area contributed by atoms with Crippen LogP contribution in [0, 0.1) is 23.2 Å². The Balaban J connectivity index is 1.15. The van der Waals surface area contributed by atoms with Gasteiger partial charge in [-0.1, -0.05) is 0 Å². The van der Waals surface area contributed by atoms with Gasteiger partial charge >= 0.3 is 0 Å².